The summed E-state index contributed by atoms with van der Waals surface area (Å²) in [6.07, 6.45) is 1.79. The van der Waals surface area contributed by atoms with E-state index in [-0.39, 0.29) is 6.04 Å². The van der Waals surface area contributed by atoms with Crippen molar-refractivity contribution in [2.45, 2.75) is 6.04 Å². The lowest BCUT2D eigenvalue weighted by Gasteiger charge is -2.30. The maximum Gasteiger partial charge on any atom is 0.0646 e. The van der Waals surface area contributed by atoms with Crippen LogP contribution < -0.4 is 5.73 Å². The largest absolute Gasteiger partial charge is 0.383 e. The number of methoxy groups -OCH3 is 2. The van der Waals surface area contributed by atoms with Gasteiger partial charge in [-0.15, -0.1) is 0 Å². The van der Waals surface area contributed by atoms with Crippen molar-refractivity contribution in [1.29, 1.82) is 0 Å². The van der Waals surface area contributed by atoms with Crippen molar-refractivity contribution in [2.24, 2.45) is 5.73 Å². The number of pyridine rings is 1. The first kappa shape index (κ1) is 15.0. The minimum absolute atomic E-state index is 0.108. The number of nitrogens with two attached hydrogens (primary N) is 1. The van der Waals surface area contributed by atoms with Crippen molar-refractivity contribution in [2.75, 3.05) is 47.1 Å². The molecule has 0 aliphatic rings. The lowest BCUT2D eigenvalue weighted by Crippen LogP contribution is -2.38. The number of nitrogens with zero attached hydrogens (tertiary/aromatic N) is 2. The molecular weight excluding hydrogens is 230 g/mol. The van der Waals surface area contributed by atoms with Gasteiger partial charge in [-0.3, -0.25) is 9.88 Å². The maximum atomic E-state index is 5.89. The Morgan fingerprint density at radius 3 is 2.33 bits per heavy atom. The summed E-state index contributed by atoms with van der Waals surface area (Å²) in [5.41, 5.74) is 6.88. The Hall–Kier alpha value is -1.01. The zero-order valence-corrected chi connectivity index (χ0v) is 11.2. The van der Waals surface area contributed by atoms with Crippen molar-refractivity contribution in [3.63, 3.8) is 0 Å². The maximum absolute atomic E-state index is 5.89. The van der Waals surface area contributed by atoms with Crippen LogP contribution in [0.1, 0.15) is 11.7 Å². The molecule has 0 fully saturated rings. The van der Waals surface area contributed by atoms with Crippen LogP contribution in [0.25, 0.3) is 0 Å². The molecule has 0 spiro atoms. The van der Waals surface area contributed by atoms with Gasteiger partial charge in [-0.1, -0.05) is 6.07 Å². The van der Waals surface area contributed by atoms with Crippen LogP contribution >= 0.6 is 0 Å². The van der Waals surface area contributed by atoms with Gasteiger partial charge in [0.2, 0.25) is 0 Å². The second kappa shape index (κ2) is 8.99. The van der Waals surface area contributed by atoms with Crippen LogP contribution in [0, 0.1) is 0 Å². The average Bonchev–Trinajstić information content (AvgIpc) is 2.43. The molecule has 5 nitrogen and oxygen atoms in total. The standard InChI is InChI=1S/C13H23N3O2/c1-17-9-7-16(8-10-18-2)13(11-14)12-5-3-4-6-15-12/h3-6,13H,7-11,14H2,1-2H3. The van der Waals surface area contributed by atoms with E-state index in [1.165, 1.54) is 0 Å². The Morgan fingerprint density at radius 2 is 1.89 bits per heavy atom. The van der Waals surface area contributed by atoms with Crippen LogP contribution in [0.15, 0.2) is 24.4 Å². The van der Waals surface area contributed by atoms with Crippen molar-refractivity contribution in [3.05, 3.63) is 30.1 Å². The fourth-order valence-electron chi connectivity index (χ4n) is 1.87. The fourth-order valence-corrected chi connectivity index (χ4v) is 1.87. The second-order valence-corrected chi connectivity index (χ2v) is 4.03. The molecular formula is C13H23N3O2. The summed E-state index contributed by atoms with van der Waals surface area (Å²) < 4.78 is 10.3. The van der Waals surface area contributed by atoms with E-state index in [0.29, 0.717) is 19.8 Å². The predicted molar refractivity (Wildman–Crippen MR) is 71.4 cm³/mol. The molecule has 2 N–H and O–H groups in total. The van der Waals surface area contributed by atoms with Crippen molar-refractivity contribution in [1.82, 2.24) is 9.88 Å². The highest BCUT2D eigenvalue weighted by atomic mass is 16.5. The Labute approximate surface area is 109 Å². The summed E-state index contributed by atoms with van der Waals surface area (Å²) >= 11 is 0. The lowest BCUT2D eigenvalue weighted by molar-refractivity contribution is 0.0879. The van der Waals surface area contributed by atoms with Crippen LogP contribution in [0.4, 0.5) is 0 Å². The molecule has 1 aromatic heterocycles. The molecule has 0 saturated carbocycles. The van der Waals surface area contributed by atoms with Gasteiger partial charge >= 0.3 is 0 Å². The molecule has 1 aromatic rings. The quantitative estimate of drug-likeness (QED) is 0.701. The van der Waals surface area contributed by atoms with Crippen LogP contribution in [0.2, 0.25) is 0 Å². The Bertz CT molecular complexity index is 300. The van der Waals surface area contributed by atoms with E-state index in [2.05, 4.69) is 9.88 Å². The van der Waals surface area contributed by atoms with Gasteiger partial charge in [0.05, 0.1) is 24.9 Å². The van der Waals surface area contributed by atoms with E-state index in [9.17, 15) is 0 Å². The summed E-state index contributed by atoms with van der Waals surface area (Å²) in [4.78, 5) is 6.63. The monoisotopic (exact) mass is 253 g/mol. The zero-order valence-electron chi connectivity index (χ0n) is 11.2. The SMILES string of the molecule is COCCN(CCOC)C(CN)c1ccccn1. The van der Waals surface area contributed by atoms with Crippen molar-refractivity contribution >= 4 is 0 Å². The smallest absolute Gasteiger partial charge is 0.0646 e. The molecule has 18 heavy (non-hydrogen) atoms. The third-order valence-corrected chi connectivity index (χ3v) is 2.86. The average molecular weight is 253 g/mol. The molecule has 5 heteroatoms. The van der Waals surface area contributed by atoms with E-state index in [4.69, 9.17) is 15.2 Å². The van der Waals surface area contributed by atoms with Crippen molar-refractivity contribution in [3.8, 4) is 0 Å². The highest BCUT2D eigenvalue weighted by molar-refractivity contribution is 5.09. The molecule has 0 aliphatic carbocycles. The van der Waals surface area contributed by atoms with Crippen LogP contribution in [0.3, 0.4) is 0 Å². The van der Waals surface area contributed by atoms with Gasteiger partial charge in [0.15, 0.2) is 0 Å². The molecule has 0 amide bonds. The van der Waals surface area contributed by atoms with Crippen LogP contribution in [-0.4, -0.2) is 57.0 Å². The van der Waals surface area contributed by atoms with Gasteiger partial charge in [0.25, 0.3) is 0 Å². The summed E-state index contributed by atoms with van der Waals surface area (Å²) in [6, 6.07) is 6.00. The number of hydrogen-bond acceptors (Lipinski definition) is 5. The van der Waals surface area contributed by atoms with Gasteiger partial charge in [-0.2, -0.15) is 0 Å². The molecule has 1 unspecified atom stereocenters. The number of rotatable bonds is 9. The molecule has 0 aliphatic heterocycles. The van der Waals surface area contributed by atoms with E-state index in [1.54, 1.807) is 20.4 Å². The molecule has 1 rings (SSSR count). The minimum atomic E-state index is 0.108. The third kappa shape index (κ3) is 4.70. The van der Waals surface area contributed by atoms with E-state index < -0.39 is 0 Å². The van der Waals surface area contributed by atoms with Gasteiger partial charge in [0.1, 0.15) is 0 Å². The number of aromatic nitrogens is 1. The predicted octanol–water partition coefficient (Wildman–Crippen LogP) is 0.676. The first-order valence-corrected chi connectivity index (χ1v) is 6.16. The molecule has 0 aromatic carbocycles. The number of ether oxygens (including phenoxy) is 2. The fraction of sp³-hybridized carbons (Fsp3) is 0.615. The molecule has 1 atom stereocenters. The molecule has 102 valence electrons. The second-order valence-electron chi connectivity index (χ2n) is 4.03. The molecule has 0 bridgehead atoms. The van der Waals surface area contributed by atoms with Gasteiger partial charge in [-0.05, 0) is 12.1 Å². The molecule has 0 saturated heterocycles. The first-order chi connectivity index (χ1) is 8.83. The summed E-state index contributed by atoms with van der Waals surface area (Å²) in [6.45, 7) is 3.52. The Morgan fingerprint density at radius 1 is 1.22 bits per heavy atom. The zero-order chi connectivity index (χ0) is 13.2. The Balaban J connectivity index is 2.72. The van der Waals surface area contributed by atoms with Gasteiger partial charge < -0.3 is 15.2 Å². The van der Waals surface area contributed by atoms with E-state index in [0.717, 1.165) is 18.8 Å². The lowest BCUT2D eigenvalue weighted by atomic mass is 10.1. The summed E-state index contributed by atoms with van der Waals surface area (Å²) in [5.74, 6) is 0. The molecule has 0 radical (unpaired) electrons. The number of hydrogen-bond donors (Lipinski definition) is 1. The van der Waals surface area contributed by atoms with Crippen LogP contribution in [-0.2, 0) is 9.47 Å². The topological polar surface area (TPSA) is 60.6 Å². The van der Waals surface area contributed by atoms with E-state index in [1.807, 2.05) is 18.2 Å². The summed E-state index contributed by atoms with van der Waals surface area (Å²) in [5, 5.41) is 0. The molecule has 1 heterocycles. The van der Waals surface area contributed by atoms with Gasteiger partial charge in [-0.25, -0.2) is 0 Å². The summed E-state index contributed by atoms with van der Waals surface area (Å²) in [7, 11) is 3.40. The third-order valence-electron chi connectivity index (χ3n) is 2.86. The normalized spacial score (nSPS) is 12.9. The van der Waals surface area contributed by atoms with Crippen LogP contribution in [0.5, 0.6) is 0 Å². The highest BCUT2D eigenvalue weighted by Crippen LogP contribution is 2.16. The Kier molecular flexibility index (Phi) is 7.52. The van der Waals surface area contributed by atoms with Gasteiger partial charge in [0, 0.05) is 40.1 Å². The van der Waals surface area contributed by atoms with E-state index >= 15 is 0 Å². The first-order valence-electron chi connectivity index (χ1n) is 6.16. The highest BCUT2D eigenvalue weighted by Gasteiger charge is 2.19. The minimum Gasteiger partial charge on any atom is -0.383 e. The van der Waals surface area contributed by atoms with Crippen molar-refractivity contribution < 1.29 is 9.47 Å².